The molecule has 1 aliphatic rings. The second-order valence-corrected chi connectivity index (χ2v) is 7.60. The van der Waals surface area contributed by atoms with Gasteiger partial charge in [-0.2, -0.15) is 5.26 Å². The first-order chi connectivity index (χ1) is 10.2. The van der Waals surface area contributed by atoms with Crippen molar-refractivity contribution in [1.82, 2.24) is 4.90 Å². The van der Waals surface area contributed by atoms with E-state index >= 15 is 0 Å². The van der Waals surface area contributed by atoms with Crippen LogP contribution in [0.1, 0.15) is 53.4 Å². The van der Waals surface area contributed by atoms with E-state index in [2.05, 4.69) is 0 Å². The fraction of sp³-hybridized carbons (Fsp3) is 0.812. The summed E-state index contributed by atoms with van der Waals surface area (Å²) >= 11 is 1.08. The number of amides is 1. The Kier molecular flexibility index (Phi) is 7.21. The van der Waals surface area contributed by atoms with Crippen LogP contribution < -0.4 is 0 Å². The monoisotopic (exact) mass is 326 g/mol. The molecule has 0 saturated heterocycles. The lowest BCUT2D eigenvalue weighted by Crippen LogP contribution is -2.46. The van der Waals surface area contributed by atoms with Crippen molar-refractivity contribution >= 4 is 23.6 Å². The number of thioether (sulfide) groups is 1. The van der Waals surface area contributed by atoms with Gasteiger partial charge in [0, 0.05) is 17.7 Å². The predicted molar refractivity (Wildman–Crippen MR) is 87.0 cm³/mol. The number of rotatable bonds is 6. The number of thiocyanates is 1. The molecule has 0 spiro atoms. The molecule has 0 aromatic rings. The van der Waals surface area contributed by atoms with Crippen molar-refractivity contribution in [2.45, 2.75) is 65.0 Å². The van der Waals surface area contributed by atoms with Crippen molar-refractivity contribution in [3.8, 4) is 5.40 Å². The number of hydrogen-bond donors (Lipinski definition) is 0. The molecule has 0 bridgehead atoms. The quantitative estimate of drug-likeness (QED) is 0.554. The van der Waals surface area contributed by atoms with E-state index in [1.165, 1.54) is 0 Å². The summed E-state index contributed by atoms with van der Waals surface area (Å²) in [6.07, 6.45) is 4.05. The van der Waals surface area contributed by atoms with Crippen molar-refractivity contribution < 1.29 is 14.3 Å². The number of carbonyl (C=O) groups excluding carboxylic acids is 2. The summed E-state index contributed by atoms with van der Waals surface area (Å²) < 4.78 is 5.35. The van der Waals surface area contributed by atoms with Crippen molar-refractivity contribution in [3.63, 3.8) is 0 Å². The second-order valence-electron chi connectivity index (χ2n) is 6.79. The number of nitriles is 1. The van der Waals surface area contributed by atoms with Gasteiger partial charge in [-0.05, 0) is 45.4 Å². The van der Waals surface area contributed by atoms with Gasteiger partial charge in [0.25, 0.3) is 0 Å². The smallest absolute Gasteiger partial charge is 0.326 e. The molecule has 1 saturated carbocycles. The van der Waals surface area contributed by atoms with Crippen molar-refractivity contribution in [2.24, 2.45) is 5.92 Å². The van der Waals surface area contributed by atoms with Gasteiger partial charge in [-0.1, -0.05) is 19.8 Å². The van der Waals surface area contributed by atoms with E-state index in [4.69, 9.17) is 10.00 Å². The first-order valence-corrected chi connectivity index (χ1v) is 8.76. The SMILES string of the molecule is CC(CSC#N)C(=O)N(CC(=O)OC(C)(C)C)C1CCCC1. The Morgan fingerprint density at radius 2 is 1.95 bits per heavy atom. The van der Waals surface area contributed by atoms with Crippen LogP contribution >= 0.6 is 11.8 Å². The Balaban J connectivity index is 2.73. The minimum Gasteiger partial charge on any atom is -0.459 e. The Hall–Kier alpha value is -1.22. The molecule has 0 aliphatic heterocycles. The first kappa shape index (κ1) is 18.8. The molecule has 1 aliphatic carbocycles. The molecular formula is C16H26N2O3S. The van der Waals surface area contributed by atoms with Gasteiger partial charge in [0.05, 0.1) is 0 Å². The molecule has 1 atom stereocenters. The summed E-state index contributed by atoms with van der Waals surface area (Å²) in [6, 6.07) is 0.120. The van der Waals surface area contributed by atoms with Gasteiger partial charge in [-0.15, -0.1) is 0 Å². The summed E-state index contributed by atoms with van der Waals surface area (Å²) in [7, 11) is 0. The van der Waals surface area contributed by atoms with Gasteiger partial charge in [-0.25, -0.2) is 0 Å². The lowest BCUT2D eigenvalue weighted by atomic mass is 10.1. The standard InChI is InChI=1S/C16H26N2O3S/c1-12(10-22-11-17)15(20)18(13-7-5-6-8-13)9-14(19)21-16(2,3)4/h12-13H,5-10H2,1-4H3. The lowest BCUT2D eigenvalue weighted by Gasteiger charge is -2.31. The highest BCUT2D eigenvalue weighted by Gasteiger charge is 2.32. The average molecular weight is 326 g/mol. The topological polar surface area (TPSA) is 70.4 Å². The van der Waals surface area contributed by atoms with Gasteiger partial charge in [0.1, 0.15) is 17.5 Å². The molecule has 1 amide bonds. The number of ether oxygens (including phenoxy) is 1. The van der Waals surface area contributed by atoms with Gasteiger partial charge in [-0.3, -0.25) is 9.59 Å². The summed E-state index contributed by atoms with van der Waals surface area (Å²) in [4.78, 5) is 26.4. The molecule has 0 aromatic heterocycles. The van der Waals surface area contributed by atoms with E-state index in [1.807, 2.05) is 33.1 Å². The van der Waals surface area contributed by atoms with Crippen LogP contribution in [-0.2, 0) is 14.3 Å². The highest BCUT2D eigenvalue weighted by Crippen LogP contribution is 2.25. The van der Waals surface area contributed by atoms with E-state index < -0.39 is 5.60 Å². The Morgan fingerprint density at radius 3 is 2.45 bits per heavy atom. The summed E-state index contributed by atoms with van der Waals surface area (Å²) in [5, 5.41) is 10.6. The Labute approximate surface area is 137 Å². The Bertz CT molecular complexity index is 434. The van der Waals surface area contributed by atoms with Crippen LogP contribution in [0.3, 0.4) is 0 Å². The minimum atomic E-state index is -0.552. The molecule has 22 heavy (non-hydrogen) atoms. The van der Waals surface area contributed by atoms with Crippen LogP contribution in [0.2, 0.25) is 0 Å². The van der Waals surface area contributed by atoms with Gasteiger partial charge < -0.3 is 9.64 Å². The van der Waals surface area contributed by atoms with E-state index in [0.29, 0.717) is 5.75 Å². The van der Waals surface area contributed by atoms with Crippen molar-refractivity contribution in [3.05, 3.63) is 0 Å². The largest absolute Gasteiger partial charge is 0.459 e. The van der Waals surface area contributed by atoms with Gasteiger partial charge in [0.2, 0.25) is 5.91 Å². The maximum absolute atomic E-state index is 12.6. The molecule has 0 aromatic carbocycles. The maximum atomic E-state index is 12.6. The zero-order valence-corrected chi connectivity index (χ0v) is 14.7. The number of esters is 1. The van der Waals surface area contributed by atoms with E-state index in [1.54, 1.807) is 4.90 Å². The molecule has 1 unspecified atom stereocenters. The second kappa shape index (κ2) is 8.42. The van der Waals surface area contributed by atoms with Crippen LogP contribution in [0.5, 0.6) is 0 Å². The minimum absolute atomic E-state index is 0.00231. The van der Waals surface area contributed by atoms with E-state index in [9.17, 15) is 9.59 Å². The van der Waals surface area contributed by atoms with Gasteiger partial charge in [0.15, 0.2) is 0 Å². The molecule has 0 heterocycles. The molecule has 1 fully saturated rings. The molecular weight excluding hydrogens is 300 g/mol. The van der Waals surface area contributed by atoms with Gasteiger partial charge >= 0.3 is 5.97 Å². The van der Waals surface area contributed by atoms with E-state index in [-0.39, 0.29) is 30.4 Å². The molecule has 5 nitrogen and oxygen atoms in total. The molecule has 6 heteroatoms. The number of nitrogens with zero attached hydrogens (tertiary/aromatic N) is 2. The first-order valence-electron chi connectivity index (χ1n) is 7.78. The van der Waals surface area contributed by atoms with Crippen LogP contribution in [0, 0.1) is 16.6 Å². The molecule has 0 N–H and O–H groups in total. The third kappa shape index (κ3) is 6.27. The van der Waals surface area contributed by atoms with Crippen LogP contribution in [0.4, 0.5) is 0 Å². The lowest BCUT2D eigenvalue weighted by molar-refractivity contribution is -0.160. The highest BCUT2D eigenvalue weighted by atomic mass is 32.2. The van der Waals surface area contributed by atoms with Crippen LogP contribution in [0.15, 0.2) is 0 Å². The predicted octanol–water partition coefficient (Wildman–Crippen LogP) is 2.95. The average Bonchev–Trinajstić information content (AvgIpc) is 2.93. The fourth-order valence-corrected chi connectivity index (χ4v) is 3.10. The van der Waals surface area contributed by atoms with Crippen LogP contribution in [0.25, 0.3) is 0 Å². The summed E-state index contributed by atoms with van der Waals surface area (Å²) in [5.41, 5.74) is -0.552. The summed E-state index contributed by atoms with van der Waals surface area (Å²) in [6.45, 7) is 7.27. The maximum Gasteiger partial charge on any atom is 0.326 e. The third-order valence-electron chi connectivity index (χ3n) is 3.59. The zero-order valence-electron chi connectivity index (χ0n) is 13.9. The van der Waals surface area contributed by atoms with Crippen molar-refractivity contribution in [2.75, 3.05) is 12.3 Å². The van der Waals surface area contributed by atoms with Crippen LogP contribution in [-0.4, -0.2) is 40.7 Å². The fourth-order valence-electron chi connectivity index (χ4n) is 2.63. The summed E-state index contributed by atoms with van der Waals surface area (Å²) in [5.74, 6) is -0.242. The van der Waals surface area contributed by atoms with Crippen molar-refractivity contribution in [1.29, 1.82) is 5.26 Å². The molecule has 1 rings (SSSR count). The normalized spacial score (nSPS) is 16.9. The molecule has 124 valence electrons. The third-order valence-corrected chi connectivity index (χ3v) is 4.38. The molecule has 0 radical (unpaired) electrons. The zero-order chi connectivity index (χ0) is 16.8. The van der Waals surface area contributed by atoms with E-state index in [0.717, 1.165) is 37.4 Å². The number of hydrogen-bond acceptors (Lipinski definition) is 5. The number of carbonyl (C=O) groups is 2. The Morgan fingerprint density at radius 1 is 1.36 bits per heavy atom. The highest BCUT2D eigenvalue weighted by molar-refractivity contribution is 8.03.